The normalized spacial score (nSPS) is 10.6. The molecule has 2 aromatic carbocycles. The number of nitrogens with one attached hydrogen (secondary N) is 1. The minimum atomic E-state index is 0.103. The van der Waals surface area contributed by atoms with Crippen LogP contribution in [-0.4, -0.2) is 18.4 Å². The molecule has 126 valence electrons. The van der Waals surface area contributed by atoms with Gasteiger partial charge in [0.25, 0.3) is 0 Å². The number of rotatable bonds is 6. The van der Waals surface area contributed by atoms with E-state index in [4.69, 9.17) is 27.4 Å². The van der Waals surface area contributed by atoms with Gasteiger partial charge in [-0.25, -0.2) is 0 Å². The van der Waals surface area contributed by atoms with Gasteiger partial charge in [0.1, 0.15) is 6.61 Å². The lowest BCUT2D eigenvalue weighted by atomic mass is 10.2. The molecule has 0 saturated carbocycles. The fourth-order valence-corrected chi connectivity index (χ4v) is 2.75. The van der Waals surface area contributed by atoms with Crippen molar-refractivity contribution in [3.8, 4) is 11.5 Å². The summed E-state index contributed by atoms with van der Waals surface area (Å²) in [5.41, 5.74) is 9.68. The number of thiocarbonyl (C=S) groups is 1. The van der Waals surface area contributed by atoms with E-state index in [-0.39, 0.29) is 5.11 Å². The molecule has 0 radical (unpaired) electrons. The molecule has 0 aromatic heterocycles. The molecule has 0 atom stereocenters. The second kappa shape index (κ2) is 9.00. The second-order valence-corrected chi connectivity index (χ2v) is 6.89. The van der Waals surface area contributed by atoms with Crippen LogP contribution in [0.3, 0.4) is 0 Å². The average molecular weight is 473 g/mol. The van der Waals surface area contributed by atoms with Crippen molar-refractivity contribution < 1.29 is 9.47 Å². The zero-order valence-corrected chi connectivity index (χ0v) is 16.7. The fraction of sp³-hybridized carbons (Fsp3) is 0.125. The smallest absolute Gasteiger partial charge is 0.184 e. The van der Waals surface area contributed by atoms with E-state index in [2.05, 4.69) is 42.4 Å². The highest BCUT2D eigenvalue weighted by Crippen LogP contribution is 2.36. The van der Waals surface area contributed by atoms with E-state index >= 15 is 0 Å². The molecule has 0 heterocycles. The lowest BCUT2D eigenvalue weighted by Gasteiger charge is -2.13. The summed E-state index contributed by atoms with van der Waals surface area (Å²) in [6.45, 7) is 0.429. The van der Waals surface area contributed by atoms with E-state index < -0.39 is 0 Å². The first kappa shape index (κ1) is 18.7. The van der Waals surface area contributed by atoms with Crippen LogP contribution in [0.25, 0.3) is 0 Å². The van der Waals surface area contributed by atoms with Crippen molar-refractivity contribution in [1.82, 2.24) is 5.43 Å². The minimum Gasteiger partial charge on any atom is -0.493 e. The Balaban J connectivity index is 2.15. The molecule has 0 spiro atoms. The first-order valence-corrected chi connectivity index (χ1v) is 8.82. The van der Waals surface area contributed by atoms with Crippen molar-refractivity contribution in [1.29, 1.82) is 0 Å². The van der Waals surface area contributed by atoms with Crippen molar-refractivity contribution in [2.75, 3.05) is 7.11 Å². The Kier molecular flexibility index (Phi) is 7.01. The van der Waals surface area contributed by atoms with Gasteiger partial charge in [0.2, 0.25) is 0 Å². The Morgan fingerprint density at radius 3 is 2.62 bits per heavy atom. The van der Waals surface area contributed by atoms with Crippen LogP contribution >= 0.6 is 44.1 Å². The average Bonchev–Trinajstić information content (AvgIpc) is 2.54. The van der Waals surface area contributed by atoms with Crippen LogP contribution in [0.2, 0.25) is 0 Å². The maximum Gasteiger partial charge on any atom is 0.184 e. The summed E-state index contributed by atoms with van der Waals surface area (Å²) in [6.07, 6.45) is 1.59. The lowest BCUT2D eigenvalue weighted by molar-refractivity contribution is 0.282. The van der Waals surface area contributed by atoms with Gasteiger partial charge in [0.05, 0.1) is 17.8 Å². The van der Waals surface area contributed by atoms with E-state index in [1.165, 1.54) is 0 Å². The largest absolute Gasteiger partial charge is 0.493 e. The first-order chi connectivity index (χ1) is 11.5. The molecule has 0 aliphatic heterocycles. The van der Waals surface area contributed by atoms with Gasteiger partial charge >= 0.3 is 0 Å². The minimum absolute atomic E-state index is 0.103. The van der Waals surface area contributed by atoms with Crippen LogP contribution in [0, 0.1) is 0 Å². The third kappa shape index (κ3) is 5.47. The molecule has 0 amide bonds. The molecule has 2 rings (SSSR count). The topological polar surface area (TPSA) is 68.9 Å². The van der Waals surface area contributed by atoms with Crippen LogP contribution < -0.4 is 20.6 Å². The van der Waals surface area contributed by atoms with Gasteiger partial charge in [-0.15, -0.1) is 0 Å². The van der Waals surface area contributed by atoms with Gasteiger partial charge in [0, 0.05) is 4.47 Å². The highest BCUT2D eigenvalue weighted by molar-refractivity contribution is 9.10. The molecule has 0 unspecified atom stereocenters. The van der Waals surface area contributed by atoms with E-state index in [1.54, 1.807) is 13.3 Å². The third-order valence-corrected chi connectivity index (χ3v) is 4.15. The van der Waals surface area contributed by atoms with Gasteiger partial charge in [-0.1, -0.05) is 28.1 Å². The molecule has 0 bridgehead atoms. The number of hydrogen-bond donors (Lipinski definition) is 2. The Hall–Kier alpha value is -1.64. The maximum atomic E-state index is 5.89. The maximum absolute atomic E-state index is 5.89. The zero-order chi connectivity index (χ0) is 17.5. The van der Waals surface area contributed by atoms with Gasteiger partial charge in [-0.05, 0) is 63.5 Å². The van der Waals surface area contributed by atoms with E-state index in [9.17, 15) is 0 Å². The van der Waals surface area contributed by atoms with E-state index in [0.29, 0.717) is 18.1 Å². The highest BCUT2D eigenvalue weighted by Gasteiger charge is 2.11. The number of benzene rings is 2. The number of hydrogen-bond acceptors (Lipinski definition) is 4. The van der Waals surface area contributed by atoms with Crippen molar-refractivity contribution in [2.45, 2.75) is 6.61 Å². The predicted molar refractivity (Wildman–Crippen MR) is 107 cm³/mol. The standard InChI is InChI=1S/C16H15Br2N3O2S/c1-22-14-7-11(8-20-21-16(19)24)6-13(18)15(14)23-9-10-2-4-12(17)5-3-10/h2-8H,9H2,1H3,(H3,19,21,24)/b20-8+. The summed E-state index contributed by atoms with van der Waals surface area (Å²) in [7, 11) is 1.59. The Morgan fingerprint density at radius 1 is 1.29 bits per heavy atom. The predicted octanol–water partition coefficient (Wildman–Crippen LogP) is 3.97. The Labute approximate surface area is 162 Å². The summed E-state index contributed by atoms with van der Waals surface area (Å²) in [6, 6.07) is 11.6. The molecule has 0 aliphatic rings. The molecule has 0 aliphatic carbocycles. The van der Waals surface area contributed by atoms with Crippen LogP contribution in [0.1, 0.15) is 11.1 Å². The van der Waals surface area contributed by atoms with E-state index in [1.807, 2.05) is 36.4 Å². The number of ether oxygens (including phenoxy) is 2. The van der Waals surface area contributed by atoms with Crippen LogP contribution in [0.15, 0.2) is 50.4 Å². The van der Waals surface area contributed by atoms with Crippen LogP contribution in [-0.2, 0) is 6.61 Å². The molecule has 24 heavy (non-hydrogen) atoms. The molecule has 8 heteroatoms. The summed E-state index contributed by atoms with van der Waals surface area (Å²) in [4.78, 5) is 0. The SMILES string of the molecule is COc1cc(/C=N/NC(N)=S)cc(Br)c1OCc1ccc(Br)cc1. The summed E-state index contributed by atoms with van der Waals surface area (Å²) >= 11 is 11.6. The second-order valence-electron chi connectivity index (χ2n) is 4.68. The highest BCUT2D eigenvalue weighted by atomic mass is 79.9. The fourth-order valence-electron chi connectivity index (χ4n) is 1.86. The molecule has 0 fully saturated rings. The first-order valence-electron chi connectivity index (χ1n) is 6.83. The lowest BCUT2D eigenvalue weighted by Crippen LogP contribution is -2.23. The van der Waals surface area contributed by atoms with Crippen LogP contribution in [0.4, 0.5) is 0 Å². The van der Waals surface area contributed by atoms with Crippen LogP contribution in [0.5, 0.6) is 11.5 Å². The quantitative estimate of drug-likeness (QED) is 0.378. The monoisotopic (exact) mass is 471 g/mol. The molecule has 5 nitrogen and oxygen atoms in total. The van der Waals surface area contributed by atoms with Gasteiger partial charge in [-0.2, -0.15) is 5.10 Å². The Bertz CT molecular complexity index is 752. The van der Waals surface area contributed by atoms with Gasteiger partial charge in [0.15, 0.2) is 16.6 Å². The number of methoxy groups -OCH3 is 1. The van der Waals surface area contributed by atoms with Crippen molar-refractivity contribution in [3.63, 3.8) is 0 Å². The van der Waals surface area contributed by atoms with Crippen molar-refractivity contribution in [3.05, 3.63) is 56.5 Å². The molecular formula is C16H15Br2N3O2S. The molecule has 3 N–H and O–H groups in total. The van der Waals surface area contributed by atoms with Crippen molar-refractivity contribution >= 4 is 55.4 Å². The summed E-state index contributed by atoms with van der Waals surface area (Å²) in [5.74, 6) is 1.22. The van der Waals surface area contributed by atoms with Crippen molar-refractivity contribution in [2.24, 2.45) is 10.8 Å². The summed E-state index contributed by atoms with van der Waals surface area (Å²) in [5, 5.41) is 4.03. The Morgan fingerprint density at radius 2 is 2.00 bits per heavy atom. The zero-order valence-electron chi connectivity index (χ0n) is 12.8. The number of hydrazone groups is 1. The van der Waals surface area contributed by atoms with E-state index in [0.717, 1.165) is 20.1 Å². The third-order valence-electron chi connectivity index (χ3n) is 2.94. The molecule has 2 aromatic rings. The number of halogens is 2. The summed E-state index contributed by atoms with van der Waals surface area (Å²) < 4.78 is 13.1. The number of nitrogens with two attached hydrogens (primary N) is 1. The number of nitrogens with zero attached hydrogens (tertiary/aromatic N) is 1. The molecular weight excluding hydrogens is 458 g/mol. The molecule has 0 saturated heterocycles. The van der Waals surface area contributed by atoms with Gasteiger partial charge in [-0.3, -0.25) is 5.43 Å². The van der Waals surface area contributed by atoms with Gasteiger partial charge < -0.3 is 15.2 Å².